The van der Waals surface area contributed by atoms with Crippen LogP contribution < -0.4 is 14.8 Å². The highest BCUT2D eigenvalue weighted by Crippen LogP contribution is 2.28. The zero-order valence-corrected chi connectivity index (χ0v) is 12.6. The molecule has 0 aliphatic carbocycles. The number of benzene rings is 1. The van der Waals surface area contributed by atoms with E-state index in [0.29, 0.717) is 29.5 Å². The van der Waals surface area contributed by atoms with Gasteiger partial charge in [-0.2, -0.15) is 0 Å². The molecule has 5 heteroatoms. The second-order valence-corrected chi connectivity index (χ2v) is 4.64. The summed E-state index contributed by atoms with van der Waals surface area (Å²) in [6.07, 6.45) is 3.34. The van der Waals surface area contributed by atoms with Crippen LogP contribution in [0.2, 0.25) is 0 Å². The molecule has 0 bridgehead atoms. The summed E-state index contributed by atoms with van der Waals surface area (Å²) in [4.78, 5) is 16.4. The fourth-order valence-corrected chi connectivity index (χ4v) is 1.81. The lowest BCUT2D eigenvalue weighted by Crippen LogP contribution is -2.13. The van der Waals surface area contributed by atoms with Gasteiger partial charge in [-0.1, -0.05) is 18.7 Å². The maximum Gasteiger partial charge on any atom is 0.256 e. The van der Waals surface area contributed by atoms with Gasteiger partial charge in [0.1, 0.15) is 12.4 Å². The molecule has 1 heterocycles. The molecule has 0 spiro atoms. The lowest BCUT2D eigenvalue weighted by molar-refractivity contribution is 0.102. The summed E-state index contributed by atoms with van der Waals surface area (Å²) in [5.74, 6) is 1.30. The Labute approximate surface area is 129 Å². The average Bonchev–Trinajstić information content (AvgIpc) is 2.54. The number of methoxy groups -OCH3 is 1. The van der Waals surface area contributed by atoms with Crippen molar-refractivity contribution in [3.8, 4) is 11.5 Å². The molecule has 0 aliphatic heterocycles. The van der Waals surface area contributed by atoms with E-state index in [1.807, 2.05) is 13.0 Å². The minimum Gasteiger partial charge on any atom is -0.493 e. The number of rotatable bonds is 6. The number of amides is 1. The van der Waals surface area contributed by atoms with Crippen LogP contribution >= 0.6 is 0 Å². The second-order valence-electron chi connectivity index (χ2n) is 4.64. The predicted molar refractivity (Wildman–Crippen MR) is 85.6 cm³/mol. The van der Waals surface area contributed by atoms with Crippen molar-refractivity contribution < 1.29 is 14.3 Å². The summed E-state index contributed by atoms with van der Waals surface area (Å²) in [5.41, 5.74) is 1.49. The predicted octanol–water partition coefficient (Wildman–Crippen LogP) is 3.22. The summed E-state index contributed by atoms with van der Waals surface area (Å²) >= 11 is 0. The van der Waals surface area contributed by atoms with Gasteiger partial charge in [0.05, 0.1) is 7.11 Å². The average molecular weight is 298 g/mol. The second kappa shape index (κ2) is 7.26. The quantitative estimate of drug-likeness (QED) is 0.832. The topological polar surface area (TPSA) is 60.5 Å². The minimum atomic E-state index is -0.259. The van der Waals surface area contributed by atoms with Crippen molar-refractivity contribution >= 4 is 11.7 Å². The first-order valence-electron chi connectivity index (χ1n) is 6.79. The van der Waals surface area contributed by atoms with Gasteiger partial charge in [0, 0.05) is 11.8 Å². The van der Waals surface area contributed by atoms with Crippen LogP contribution in [-0.4, -0.2) is 24.6 Å². The van der Waals surface area contributed by atoms with E-state index in [-0.39, 0.29) is 5.91 Å². The number of ether oxygens (including phenoxy) is 2. The molecule has 0 fully saturated rings. The van der Waals surface area contributed by atoms with E-state index in [4.69, 9.17) is 9.47 Å². The molecule has 1 aromatic heterocycles. The van der Waals surface area contributed by atoms with Gasteiger partial charge in [0.25, 0.3) is 5.91 Å². The van der Waals surface area contributed by atoms with Crippen molar-refractivity contribution in [3.05, 3.63) is 60.3 Å². The number of nitrogens with zero attached hydrogens (tertiary/aromatic N) is 1. The summed E-state index contributed by atoms with van der Waals surface area (Å²) < 4.78 is 10.7. The first-order valence-corrected chi connectivity index (χ1v) is 6.79. The van der Waals surface area contributed by atoms with Crippen molar-refractivity contribution in [2.24, 2.45) is 0 Å². The van der Waals surface area contributed by atoms with Crippen LogP contribution in [0.4, 0.5) is 5.82 Å². The van der Waals surface area contributed by atoms with Gasteiger partial charge in [0.2, 0.25) is 0 Å². The minimum absolute atomic E-state index is 0.259. The third kappa shape index (κ3) is 3.85. The largest absolute Gasteiger partial charge is 0.493 e. The molecule has 0 aliphatic rings. The Hall–Kier alpha value is -2.82. The van der Waals surface area contributed by atoms with Crippen LogP contribution in [0, 0.1) is 6.92 Å². The van der Waals surface area contributed by atoms with Crippen molar-refractivity contribution in [2.45, 2.75) is 6.92 Å². The van der Waals surface area contributed by atoms with Crippen LogP contribution in [0.15, 0.2) is 49.2 Å². The summed E-state index contributed by atoms with van der Waals surface area (Å²) in [7, 11) is 1.53. The van der Waals surface area contributed by atoms with E-state index in [9.17, 15) is 4.79 Å². The van der Waals surface area contributed by atoms with Gasteiger partial charge in [-0.05, 0) is 36.8 Å². The van der Waals surface area contributed by atoms with Crippen LogP contribution in [0.3, 0.4) is 0 Å². The first kappa shape index (κ1) is 15.6. The van der Waals surface area contributed by atoms with Crippen molar-refractivity contribution in [1.82, 2.24) is 4.98 Å². The van der Waals surface area contributed by atoms with Gasteiger partial charge < -0.3 is 14.8 Å². The number of pyridine rings is 1. The molecule has 0 unspecified atom stereocenters. The molecule has 1 aromatic carbocycles. The maximum absolute atomic E-state index is 12.2. The fraction of sp³-hybridized carbons (Fsp3) is 0.176. The smallest absolute Gasteiger partial charge is 0.256 e. The molecule has 5 nitrogen and oxygen atoms in total. The molecule has 0 saturated carbocycles. The summed E-state index contributed by atoms with van der Waals surface area (Å²) in [6.45, 7) is 5.90. The molecule has 2 aromatic rings. The number of hydrogen-bond donors (Lipinski definition) is 1. The molecule has 114 valence electrons. The van der Waals surface area contributed by atoms with Gasteiger partial charge in [0.15, 0.2) is 11.5 Å². The zero-order chi connectivity index (χ0) is 15.9. The van der Waals surface area contributed by atoms with Crippen molar-refractivity contribution in [1.29, 1.82) is 0 Å². The molecule has 0 radical (unpaired) electrons. The maximum atomic E-state index is 12.2. The van der Waals surface area contributed by atoms with E-state index in [1.165, 1.54) is 7.11 Å². The lowest BCUT2D eigenvalue weighted by Gasteiger charge is -2.11. The third-order valence-corrected chi connectivity index (χ3v) is 2.94. The van der Waals surface area contributed by atoms with Crippen LogP contribution in [-0.2, 0) is 0 Å². The molecule has 0 saturated heterocycles. The molecular formula is C17H18N2O3. The standard InChI is InChI=1S/C17H18N2O3/c1-4-9-22-14-7-6-13(10-15(14)21-3)17(20)19-16-8-5-12(2)11-18-16/h4-8,10-11H,1,9H2,2-3H3,(H,18,19,20). The Balaban J connectivity index is 2.15. The van der Waals surface area contributed by atoms with Gasteiger partial charge in [-0.25, -0.2) is 4.98 Å². The van der Waals surface area contributed by atoms with E-state index in [2.05, 4.69) is 16.9 Å². The lowest BCUT2D eigenvalue weighted by atomic mass is 10.2. The number of hydrogen-bond acceptors (Lipinski definition) is 4. The Bertz CT molecular complexity index is 666. The SMILES string of the molecule is C=CCOc1ccc(C(=O)Nc2ccc(C)cn2)cc1OC. The Morgan fingerprint density at radius 2 is 2.14 bits per heavy atom. The zero-order valence-electron chi connectivity index (χ0n) is 12.6. The van der Waals surface area contributed by atoms with E-state index >= 15 is 0 Å². The fourth-order valence-electron chi connectivity index (χ4n) is 1.81. The molecule has 2 rings (SSSR count). The third-order valence-electron chi connectivity index (χ3n) is 2.94. The van der Waals surface area contributed by atoms with Crippen LogP contribution in [0.25, 0.3) is 0 Å². The monoisotopic (exact) mass is 298 g/mol. The Morgan fingerprint density at radius 3 is 2.77 bits per heavy atom. The van der Waals surface area contributed by atoms with E-state index in [1.54, 1.807) is 36.5 Å². The normalized spacial score (nSPS) is 9.91. The number of carbonyl (C=O) groups excluding carboxylic acids is 1. The van der Waals surface area contributed by atoms with Gasteiger partial charge in [-0.15, -0.1) is 0 Å². The Morgan fingerprint density at radius 1 is 1.32 bits per heavy atom. The molecule has 1 amide bonds. The van der Waals surface area contributed by atoms with Crippen molar-refractivity contribution in [2.75, 3.05) is 19.0 Å². The summed E-state index contributed by atoms with van der Waals surface area (Å²) in [6, 6.07) is 8.63. The summed E-state index contributed by atoms with van der Waals surface area (Å²) in [5, 5.41) is 2.74. The first-order chi connectivity index (χ1) is 10.6. The molecule has 0 atom stereocenters. The number of aryl methyl sites for hydroxylation is 1. The van der Waals surface area contributed by atoms with Gasteiger partial charge >= 0.3 is 0 Å². The highest BCUT2D eigenvalue weighted by Gasteiger charge is 2.11. The van der Waals surface area contributed by atoms with E-state index < -0.39 is 0 Å². The number of nitrogens with one attached hydrogen (secondary N) is 1. The van der Waals surface area contributed by atoms with Crippen LogP contribution in [0.5, 0.6) is 11.5 Å². The van der Waals surface area contributed by atoms with Crippen LogP contribution in [0.1, 0.15) is 15.9 Å². The highest BCUT2D eigenvalue weighted by molar-refractivity contribution is 6.04. The van der Waals surface area contributed by atoms with Gasteiger partial charge in [-0.3, -0.25) is 4.79 Å². The number of carbonyl (C=O) groups is 1. The molecule has 22 heavy (non-hydrogen) atoms. The van der Waals surface area contributed by atoms with Crippen molar-refractivity contribution in [3.63, 3.8) is 0 Å². The number of anilines is 1. The highest BCUT2D eigenvalue weighted by atomic mass is 16.5. The molecular weight excluding hydrogens is 280 g/mol. The Kier molecular flexibility index (Phi) is 5.14. The van der Waals surface area contributed by atoms with E-state index in [0.717, 1.165) is 5.56 Å². The molecule has 1 N–H and O–H groups in total. The number of aromatic nitrogens is 1.